The second-order valence-corrected chi connectivity index (χ2v) is 5.45. The first-order valence-corrected chi connectivity index (χ1v) is 8.14. The van der Waals surface area contributed by atoms with Crippen molar-refractivity contribution in [3.63, 3.8) is 0 Å². The lowest BCUT2D eigenvalue weighted by Crippen LogP contribution is -2.30. The van der Waals surface area contributed by atoms with Crippen molar-refractivity contribution in [3.05, 3.63) is 29.7 Å². The molecule has 2 aromatic rings. The molecular weight excluding hydrogens is 292 g/mol. The zero-order valence-electron chi connectivity index (χ0n) is 14.4. The normalized spacial score (nSPS) is 11.2. The molecule has 0 aliphatic heterocycles. The molecule has 0 saturated heterocycles. The summed E-state index contributed by atoms with van der Waals surface area (Å²) in [5, 5.41) is 2.99. The van der Waals surface area contributed by atoms with Crippen molar-refractivity contribution in [1.82, 2.24) is 19.6 Å². The van der Waals surface area contributed by atoms with Gasteiger partial charge in [0.25, 0.3) is 5.91 Å². The number of carbonyl (C=O) groups excluding carboxylic acids is 1. The molecule has 23 heavy (non-hydrogen) atoms. The number of carbonyl (C=O) groups is 1. The van der Waals surface area contributed by atoms with Gasteiger partial charge in [-0.2, -0.15) is 0 Å². The number of methoxy groups -OCH3 is 1. The van der Waals surface area contributed by atoms with Crippen molar-refractivity contribution in [2.45, 2.75) is 27.2 Å². The molecule has 6 nitrogen and oxygen atoms in total. The van der Waals surface area contributed by atoms with Crippen LogP contribution in [0.1, 0.15) is 36.5 Å². The van der Waals surface area contributed by atoms with E-state index >= 15 is 0 Å². The SMILES string of the molecule is CCN(CC)CCCNC(=O)c1c(C)nc2c(OC)cccn12. The maximum atomic E-state index is 12.5. The number of fused-ring (bicyclic) bond motifs is 1. The topological polar surface area (TPSA) is 58.9 Å². The zero-order valence-corrected chi connectivity index (χ0v) is 14.4. The van der Waals surface area contributed by atoms with Crippen LogP contribution in [0.25, 0.3) is 5.65 Å². The predicted molar refractivity (Wildman–Crippen MR) is 91.2 cm³/mol. The van der Waals surface area contributed by atoms with Gasteiger partial charge < -0.3 is 15.0 Å². The molecule has 2 heterocycles. The van der Waals surface area contributed by atoms with Gasteiger partial charge >= 0.3 is 0 Å². The van der Waals surface area contributed by atoms with Crippen molar-refractivity contribution in [2.24, 2.45) is 0 Å². The Kier molecular flexibility index (Phi) is 5.98. The first-order valence-electron chi connectivity index (χ1n) is 8.14. The van der Waals surface area contributed by atoms with E-state index in [0.29, 0.717) is 29.3 Å². The quantitative estimate of drug-likeness (QED) is 0.757. The van der Waals surface area contributed by atoms with Gasteiger partial charge in [-0.15, -0.1) is 0 Å². The number of hydrogen-bond acceptors (Lipinski definition) is 4. The van der Waals surface area contributed by atoms with E-state index in [-0.39, 0.29) is 5.91 Å². The molecule has 0 radical (unpaired) electrons. The number of ether oxygens (including phenoxy) is 1. The minimum atomic E-state index is -0.0946. The van der Waals surface area contributed by atoms with Crippen LogP contribution < -0.4 is 10.1 Å². The van der Waals surface area contributed by atoms with Crippen LogP contribution in [0.15, 0.2) is 18.3 Å². The van der Waals surface area contributed by atoms with Crippen molar-refractivity contribution in [1.29, 1.82) is 0 Å². The van der Waals surface area contributed by atoms with Crippen LogP contribution in [0.2, 0.25) is 0 Å². The van der Waals surface area contributed by atoms with Gasteiger partial charge in [0.05, 0.1) is 12.8 Å². The van der Waals surface area contributed by atoms with E-state index < -0.39 is 0 Å². The Hall–Kier alpha value is -2.08. The van der Waals surface area contributed by atoms with Gasteiger partial charge in [-0.3, -0.25) is 9.20 Å². The van der Waals surface area contributed by atoms with Gasteiger partial charge in [0.2, 0.25) is 0 Å². The van der Waals surface area contributed by atoms with E-state index in [1.807, 2.05) is 25.3 Å². The summed E-state index contributed by atoms with van der Waals surface area (Å²) in [4.78, 5) is 19.3. The standard InChI is InChI=1S/C17H26N4O2/c1-5-20(6-2)11-8-10-18-17(22)15-13(3)19-16-14(23-4)9-7-12-21(15)16/h7,9,12H,5-6,8,10-11H2,1-4H3,(H,18,22). The lowest BCUT2D eigenvalue weighted by atomic mass is 10.3. The maximum absolute atomic E-state index is 12.5. The molecule has 0 fully saturated rings. The molecule has 0 aliphatic carbocycles. The molecule has 0 aliphatic rings. The summed E-state index contributed by atoms with van der Waals surface area (Å²) >= 11 is 0. The number of pyridine rings is 1. The Labute approximate surface area is 137 Å². The number of imidazole rings is 1. The number of hydrogen-bond donors (Lipinski definition) is 1. The van der Waals surface area contributed by atoms with Crippen molar-refractivity contribution < 1.29 is 9.53 Å². The molecule has 6 heteroatoms. The third-order valence-electron chi connectivity index (χ3n) is 4.05. The summed E-state index contributed by atoms with van der Waals surface area (Å²) in [6.07, 6.45) is 2.77. The lowest BCUT2D eigenvalue weighted by Gasteiger charge is -2.17. The van der Waals surface area contributed by atoms with Gasteiger partial charge in [-0.25, -0.2) is 4.98 Å². The monoisotopic (exact) mass is 318 g/mol. The van der Waals surface area contributed by atoms with Gasteiger partial charge in [0.1, 0.15) is 5.69 Å². The first-order chi connectivity index (χ1) is 11.1. The van der Waals surface area contributed by atoms with Gasteiger partial charge in [0, 0.05) is 12.7 Å². The van der Waals surface area contributed by atoms with E-state index in [0.717, 1.165) is 26.1 Å². The highest BCUT2D eigenvalue weighted by Gasteiger charge is 2.18. The molecule has 0 saturated carbocycles. The Morgan fingerprint density at radius 2 is 2.13 bits per heavy atom. The van der Waals surface area contributed by atoms with E-state index in [4.69, 9.17) is 4.74 Å². The Bertz CT molecular complexity index is 662. The summed E-state index contributed by atoms with van der Waals surface area (Å²) < 4.78 is 7.09. The summed E-state index contributed by atoms with van der Waals surface area (Å²) in [6.45, 7) is 9.87. The summed E-state index contributed by atoms with van der Waals surface area (Å²) in [7, 11) is 1.60. The Morgan fingerprint density at radius 1 is 1.39 bits per heavy atom. The van der Waals surface area contributed by atoms with Crippen LogP contribution in [0, 0.1) is 6.92 Å². The van der Waals surface area contributed by atoms with E-state index in [1.54, 1.807) is 11.5 Å². The summed E-state index contributed by atoms with van der Waals surface area (Å²) in [6, 6.07) is 3.69. The van der Waals surface area contributed by atoms with E-state index in [2.05, 4.69) is 29.0 Å². The molecule has 0 spiro atoms. The summed E-state index contributed by atoms with van der Waals surface area (Å²) in [5.74, 6) is 0.569. The minimum Gasteiger partial charge on any atom is -0.493 e. The van der Waals surface area contributed by atoms with Crippen molar-refractivity contribution in [3.8, 4) is 5.75 Å². The molecular formula is C17H26N4O2. The molecule has 2 rings (SSSR count). The van der Waals surface area contributed by atoms with Gasteiger partial charge in [-0.05, 0) is 45.1 Å². The first kappa shape index (κ1) is 17.3. The molecule has 2 aromatic heterocycles. The highest BCUT2D eigenvalue weighted by Crippen LogP contribution is 2.21. The van der Waals surface area contributed by atoms with Crippen molar-refractivity contribution >= 4 is 11.6 Å². The molecule has 1 amide bonds. The molecule has 1 N–H and O–H groups in total. The Balaban J connectivity index is 2.05. The van der Waals surface area contributed by atoms with Crippen LogP contribution in [0.4, 0.5) is 0 Å². The zero-order chi connectivity index (χ0) is 16.8. The van der Waals surface area contributed by atoms with Crippen LogP contribution in [0.3, 0.4) is 0 Å². The number of rotatable bonds is 8. The minimum absolute atomic E-state index is 0.0946. The number of aromatic nitrogens is 2. The lowest BCUT2D eigenvalue weighted by molar-refractivity contribution is 0.0945. The van der Waals surface area contributed by atoms with E-state index in [9.17, 15) is 4.79 Å². The number of nitrogens with zero attached hydrogens (tertiary/aromatic N) is 3. The van der Waals surface area contributed by atoms with Crippen molar-refractivity contribution in [2.75, 3.05) is 33.3 Å². The smallest absolute Gasteiger partial charge is 0.270 e. The predicted octanol–water partition coefficient (Wildman–Crippen LogP) is 2.11. The number of amides is 1. The fraction of sp³-hybridized carbons (Fsp3) is 0.529. The third-order valence-corrected chi connectivity index (χ3v) is 4.05. The number of nitrogens with one attached hydrogen (secondary N) is 1. The second-order valence-electron chi connectivity index (χ2n) is 5.45. The second kappa shape index (κ2) is 7.97. The van der Waals surface area contributed by atoms with Gasteiger partial charge in [-0.1, -0.05) is 13.8 Å². The third kappa shape index (κ3) is 3.82. The molecule has 0 atom stereocenters. The highest BCUT2D eigenvalue weighted by atomic mass is 16.5. The van der Waals surface area contributed by atoms with Crippen LogP contribution >= 0.6 is 0 Å². The summed E-state index contributed by atoms with van der Waals surface area (Å²) in [5.41, 5.74) is 1.94. The Morgan fingerprint density at radius 3 is 2.78 bits per heavy atom. The largest absolute Gasteiger partial charge is 0.493 e. The van der Waals surface area contributed by atoms with Crippen LogP contribution in [0.5, 0.6) is 5.75 Å². The molecule has 126 valence electrons. The van der Waals surface area contributed by atoms with Gasteiger partial charge in [0.15, 0.2) is 11.4 Å². The fourth-order valence-electron chi connectivity index (χ4n) is 2.72. The van der Waals surface area contributed by atoms with Crippen LogP contribution in [-0.2, 0) is 0 Å². The molecule has 0 aromatic carbocycles. The average molecular weight is 318 g/mol. The molecule has 0 bridgehead atoms. The van der Waals surface area contributed by atoms with E-state index in [1.165, 1.54) is 0 Å². The van der Waals surface area contributed by atoms with Crippen LogP contribution in [-0.4, -0.2) is 53.5 Å². The number of aryl methyl sites for hydroxylation is 1. The average Bonchev–Trinajstić information content (AvgIpc) is 2.90. The highest BCUT2D eigenvalue weighted by molar-refractivity contribution is 5.94. The molecule has 0 unspecified atom stereocenters. The maximum Gasteiger partial charge on any atom is 0.270 e. The fourth-order valence-corrected chi connectivity index (χ4v) is 2.72.